The quantitative estimate of drug-likeness (QED) is 0.228. The molecule has 0 aromatic heterocycles. The van der Waals surface area contributed by atoms with Crippen LogP contribution in [0.5, 0.6) is 0 Å². The second kappa shape index (κ2) is 11.3. The van der Waals surface area contributed by atoms with Crippen molar-refractivity contribution in [3.05, 3.63) is 25.3 Å². The molecule has 2 amide bonds. The van der Waals surface area contributed by atoms with E-state index in [9.17, 15) is 14.4 Å². The number of rotatable bonds is 14. The number of likely N-dealkylation sites (tertiary alicyclic amines) is 1. The number of carbonyl (C=O) groups excluding carboxylic acids is 3. The molecule has 3 rings (SSSR count). The van der Waals surface area contributed by atoms with Crippen LogP contribution < -0.4 is 0 Å². The van der Waals surface area contributed by atoms with Crippen molar-refractivity contribution in [3.63, 3.8) is 0 Å². The fourth-order valence-electron chi connectivity index (χ4n) is 6.07. The summed E-state index contributed by atoms with van der Waals surface area (Å²) >= 11 is 1.67. The van der Waals surface area contributed by atoms with Crippen LogP contribution in [0.4, 0.5) is 0 Å². The average Bonchev–Trinajstić information content (AvgIpc) is 3.38. The molecule has 1 spiro atoms. The van der Waals surface area contributed by atoms with E-state index in [1.165, 1.54) is 6.08 Å². The van der Waals surface area contributed by atoms with E-state index >= 15 is 0 Å². The third-order valence-electron chi connectivity index (χ3n) is 7.61. The number of thioether (sulfide) groups is 1. The standard InChI is InChI=1S/C26H40N2O5S/c1-5-8-15-27(14-6-2)23(31)21-26-13-12-25(4,34-26)20(24(32)33-18-7-3)19(26)22(30)28(21)16-10-9-11-17-29/h6-7,19-21,29H,2-3,5,8-18H2,1,4H3/t19-,20-,21?,25+,26?/m0/s1. The minimum absolute atomic E-state index is 0.0387. The maximum absolute atomic E-state index is 14.1. The summed E-state index contributed by atoms with van der Waals surface area (Å²) in [6, 6.07) is -0.597. The first-order valence-electron chi connectivity index (χ1n) is 12.6. The average molecular weight is 493 g/mol. The summed E-state index contributed by atoms with van der Waals surface area (Å²) in [6.07, 6.45) is 8.78. The molecule has 0 saturated carbocycles. The number of carbonyl (C=O) groups is 3. The number of hydrogen-bond acceptors (Lipinski definition) is 6. The predicted octanol–water partition coefficient (Wildman–Crippen LogP) is 3.17. The van der Waals surface area contributed by atoms with Gasteiger partial charge in [0.15, 0.2) is 0 Å². The maximum Gasteiger partial charge on any atom is 0.311 e. The molecule has 0 aliphatic carbocycles. The van der Waals surface area contributed by atoms with Gasteiger partial charge in [0.1, 0.15) is 12.6 Å². The molecule has 3 heterocycles. The number of aliphatic hydroxyl groups is 1. The van der Waals surface area contributed by atoms with Crippen molar-refractivity contribution < 1.29 is 24.2 Å². The van der Waals surface area contributed by atoms with Crippen molar-refractivity contribution in [2.75, 3.05) is 32.8 Å². The van der Waals surface area contributed by atoms with Gasteiger partial charge in [-0.1, -0.05) is 32.1 Å². The van der Waals surface area contributed by atoms with Gasteiger partial charge in [0.05, 0.1) is 16.6 Å². The summed E-state index contributed by atoms with van der Waals surface area (Å²) in [5.41, 5.74) is 0. The normalized spacial score (nSPS) is 31.4. The number of hydrogen-bond donors (Lipinski definition) is 1. The van der Waals surface area contributed by atoms with Crippen molar-refractivity contribution in [1.29, 1.82) is 0 Å². The van der Waals surface area contributed by atoms with E-state index in [2.05, 4.69) is 20.1 Å². The lowest BCUT2D eigenvalue weighted by molar-refractivity contribution is -0.154. The number of esters is 1. The van der Waals surface area contributed by atoms with Crippen molar-refractivity contribution >= 4 is 29.5 Å². The first-order valence-corrected chi connectivity index (χ1v) is 13.4. The molecule has 190 valence electrons. The lowest BCUT2D eigenvalue weighted by Gasteiger charge is -2.37. The van der Waals surface area contributed by atoms with Crippen LogP contribution in [0.15, 0.2) is 25.3 Å². The summed E-state index contributed by atoms with van der Waals surface area (Å²) in [5.74, 6) is -1.63. The Hall–Kier alpha value is -1.80. The fraction of sp³-hybridized carbons (Fsp3) is 0.731. The van der Waals surface area contributed by atoms with E-state index in [-0.39, 0.29) is 31.0 Å². The van der Waals surface area contributed by atoms with Gasteiger partial charge in [0.25, 0.3) is 0 Å². The van der Waals surface area contributed by atoms with Crippen molar-refractivity contribution in [2.45, 2.75) is 74.3 Å². The van der Waals surface area contributed by atoms with Crippen molar-refractivity contribution in [2.24, 2.45) is 11.8 Å². The number of fused-ring (bicyclic) bond motifs is 1. The van der Waals surface area contributed by atoms with Gasteiger partial charge in [-0.05, 0) is 45.4 Å². The Labute approximate surface area is 208 Å². The number of amides is 2. The molecule has 2 unspecified atom stereocenters. The van der Waals surface area contributed by atoms with Gasteiger partial charge < -0.3 is 19.6 Å². The SMILES string of the molecule is C=CCOC(=O)[C@@H]1[C@H]2C(=O)N(CCCCCO)C(C(=O)N(CC=C)CCCC)C23CC[C@@]1(C)S3. The lowest BCUT2D eigenvalue weighted by atomic mass is 9.66. The van der Waals surface area contributed by atoms with E-state index in [1.54, 1.807) is 22.7 Å². The zero-order chi connectivity index (χ0) is 24.9. The van der Waals surface area contributed by atoms with Gasteiger partial charge in [0, 0.05) is 31.0 Å². The zero-order valence-electron chi connectivity index (χ0n) is 20.7. The predicted molar refractivity (Wildman–Crippen MR) is 134 cm³/mol. The van der Waals surface area contributed by atoms with Gasteiger partial charge in [-0.3, -0.25) is 14.4 Å². The highest BCUT2D eigenvalue weighted by Gasteiger charge is 2.77. The number of aliphatic hydroxyl groups excluding tert-OH is 1. The molecule has 2 bridgehead atoms. The highest BCUT2D eigenvalue weighted by atomic mass is 32.2. The minimum Gasteiger partial charge on any atom is -0.461 e. The molecule has 0 aromatic rings. The van der Waals surface area contributed by atoms with Gasteiger partial charge in [-0.15, -0.1) is 18.3 Å². The topological polar surface area (TPSA) is 87.1 Å². The van der Waals surface area contributed by atoms with Gasteiger partial charge in [0.2, 0.25) is 11.8 Å². The van der Waals surface area contributed by atoms with Gasteiger partial charge >= 0.3 is 5.97 Å². The van der Waals surface area contributed by atoms with E-state index in [0.717, 1.165) is 32.1 Å². The highest BCUT2D eigenvalue weighted by molar-refractivity contribution is 8.02. The Morgan fingerprint density at radius 2 is 2.00 bits per heavy atom. The van der Waals surface area contributed by atoms with E-state index < -0.39 is 27.4 Å². The summed E-state index contributed by atoms with van der Waals surface area (Å²) in [7, 11) is 0. The maximum atomic E-state index is 14.1. The van der Waals surface area contributed by atoms with Crippen LogP contribution in [-0.4, -0.2) is 81.1 Å². The Morgan fingerprint density at radius 1 is 1.24 bits per heavy atom. The number of nitrogens with zero attached hydrogens (tertiary/aromatic N) is 2. The summed E-state index contributed by atoms with van der Waals surface area (Å²) < 4.78 is 4.41. The van der Waals surface area contributed by atoms with Crippen LogP contribution in [0.2, 0.25) is 0 Å². The Balaban J connectivity index is 1.98. The first-order chi connectivity index (χ1) is 16.3. The monoisotopic (exact) mass is 492 g/mol. The molecular formula is C26H40N2O5S. The van der Waals surface area contributed by atoms with Crippen molar-refractivity contribution in [1.82, 2.24) is 9.80 Å². The van der Waals surface area contributed by atoms with Crippen LogP contribution in [0.3, 0.4) is 0 Å². The third-order valence-corrected chi connectivity index (χ3v) is 9.59. The van der Waals surface area contributed by atoms with Crippen LogP contribution in [-0.2, 0) is 19.1 Å². The molecule has 8 heteroatoms. The molecule has 3 saturated heterocycles. The minimum atomic E-state index is -0.622. The molecule has 7 nitrogen and oxygen atoms in total. The number of unbranched alkanes of at least 4 members (excludes halogenated alkanes) is 3. The molecule has 0 radical (unpaired) electrons. The molecule has 0 aromatic carbocycles. The molecular weight excluding hydrogens is 452 g/mol. The second-order valence-electron chi connectivity index (χ2n) is 9.89. The van der Waals surface area contributed by atoms with Crippen LogP contribution >= 0.6 is 11.8 Å². The van der Waals surface area contributed by atoms with Crippen LogP contribution in [0.25, 0.3) is 0 Å². The molecule has 34 heavy (non-hydrogen) atoms. The second-order valence-corrected chi connectivity index (χ2v) is 11.8. The highest BCUT2D eigenvalue weighted by Crippen LogP contribution is 2.71. The van der Waals surface area contributed by atoms with Gasteiger partial charge in [-0.25, -0.2) is 0 Å². The van der Waals surface area contributed by atoms with E-state index in [0.29, 0.717) is 32.5 Å². The summed E-state index contributed by atoms with van der Waals surface area (Å²) in [6.45, 7) is 13.3. The Bertz CT molecular complexity index is 804. The third kappa shape index (κ3) is 4.68. The van der Waals surface area contributed by atoms with Gasteiger partial charge in [-0.2, -0.15) is 0 Å². The first kappa shape index (κ1) is 26.8. The van der Waals surface area contributed by atoms with Crippen molar-refractivity contribution in [3.8, 4) is 0 Å². The smallest absolute Gasteiger partial charge is 0.311 e. The van der Waals surface area contributed by atoms with Crippen LogP contribution in [0.1, 0.15) is 58.8 Å². The molecule has 3 aliphatic rings. The summed E-state index contributed by atoms with van der Waals surface area (Å²) in [4.78, 5) is 44.7. The molecule has 1 N–H and O–H groups in total. The number of ether oxygens (including phenoxy) is 1. The fourth-order valence-corrected chi connectivity index (χ4v) is 8.41. The lowest BCUT2D eigenvalue weighted by Crippen LogP contribution is -2.55. The van der Waals surface area contributed by atoms with E-state index in [1.807, 2.05) is 11.8 Å². The molecule has 5 atom stereocenters. The van der Waals surface area contributed by atoms with E-state index in [4.69, 9.17) is 9.84 Å². The zero-order valence-corrected chi connectivity index (χ0v) is 21.5. The largest absolute Gasteiger partial charge is 0.461 e. The summed E-state index contributed by atoms with van der Waals surface area (Å²) in [5, 5.41) is 9.16. The Morgan fingerprint density at radius 3 is 2.65 bits per heavy atom. The van der Waals surface area contributed by atoms with Crippen LogP contribution in [0, 0.1) is 11.8 Å². The Kier molecular flexibility index (Phi) is 8.90. The molecule has 3 aliphatic heterocycles. The molecule has 3 fully saturated rings.